The number of rotatable bonds is 4. The Kier molecular flexibility index (Phi) is 4.77. The van der Waals surface area contributed by atoms with Gasteiger partial charge >= 0.3 is 0 Å². The Morgan fingerprint density at radius 2 is 2.00 bits per heavy atom. The van der Waals surface area contributed by atoms with Crippen molar-refractivity contribution < 1.29 is 0 Å². The van der Waals surface area contributed by atoms with Gasteiger partial charge in [0.2, 0.25) is 0 Å². The summed E-state index contributed by atoms with van der Waals surface area (Å²) in [6.07, 6.45) is 3.68. The minimum absolute atomic E-state index is 0.209. The summed E-state index contributed by atoms with van der Waals surface area (Å²) in [5.74, 6) is 2.59. The fraction of sp³-hybridized carbons (Fsp3) is 0.647. The maximum Gasteiger partial charge on any atom is 0.0366 e. The van der Waals surface area contributed by atoms with E-state index in [1.165, 1.54) is 36.5 Å². The lowest BCUT2D eigenvalue weighted by Crippen LogP contribution is -2.61. The molecule has 3 nitrogen and oxygen atoms in total. The summed E-state index contributed by atoms with van der Waals surface area (Å²) in [5.41, 5.74) is 7.78. The van der Waals surface area contributed by atoms with Gasteiger partial charge in [0, 0.05) is 42.7 Å². The topological polar surface area (TPSA) is 32.5 Å². The third-order valence-electron chi connectivity index (χ3n) is 5.40. The monoisotopic (exact) mass is 305 g/mol. The minimum Gasteiger partial charge on any atom is -0.371 e. The first-order chi connectivity index (χ1) is 10.2. The number of thioether (sulfide) groups is 1. The van der Waals surface area contributed by atoms with E-state index in [0.29, 0.717) is 0 Å². The van der Waals surface area contributed by atoms with Gasteiger partial charge in [-0.1, -0.05) is 18.2 Å². The summed E-state index contributed by atoms with van der Waals surface area (Å²) in [5, 5.41) is 0. The molecular formula is C17H27N3S. The van der Waals surface area contributed by atoms with Crippen molar-refractivity contribution in [1.29, 1.82) is 0 Å². The van der Waals surface area contributed by atoms with E-state index in [-0.39, 0.29) is 5.54 Å². The standard InChI is InChI=1S/C17H27N3S/c1-19(16-7-12-21-13-16)17(14-18)8-10-20(11-9-17)15-5-3-2-4-6-15/h2-6,16H,7-14,18H2,1H3. The van der Waals surface area contributed by atoms with Gasteiger partial charge in [0.25, 0.3) is 0 Å². The minimum atomic E-state index is 0.209. The highest BCUT2D eigenvalue weighted by Crippen LogP contribution is 2.34. The Morgan fingerprint density at radius 1 is 1.29 bits per heavy atom. The number of benzene rings is 1. The highest BCUT2D eigenvalue weighted by atomic mass is 32.2. The first kappa shape index (κ1) is 15.2. The molecule has 1 unspecified atom stereocenters. The van der Waals surface area contributed by atoms with E-state index in [2.05, 4.69) is 58.9 Å². The maximum atomic E-state index is 6.22. The zero-order valence-electron chi connectivity index (χ0n) is 13.0. The number of para-hydroxylation sites is 1. The largest absolute Gasteiger partial charge is 0.371 e. The molecule has 1 aromatic carbocycles. The van der Waals surface area contributed by atoms with Crippen molar-refractivity contribution in [3.05, 3.63) is 30.3 Å². The van der Waals surface area contributed by atoms with Crippen molar-refractivity contribution in [2.45, 2.75) is 30.8 Å². The molecule has 0 amide bonds. The van der Waals surface area contributed by atoms with Gasteiger partial charge in [-0.25, -0.2) is 0 Å². The Labute approximate surface area is 132 Å². The van der Waals surface area contributed by atoms with Crippen LogP contribution in [0.1, 0.15) is 19.3 Å². The van der Waals surface area contributed by atoms with Crippen molar-refractivity contribution in [2.24, 2.45) is 5.73 Å². The van der Waals surface area contributed by atoms with Gasteiger partial charge < -0.3 is 10.6 Å². The van der Waals surface area contributed by atoms with Crippen LogP contribution in [0, 0.1) is 0 Å². The predicted molar refractivity (Wildman–Crippen MR) is 93.2 cm³/mol. The molecule has 0 spiro atoms. The van der Waals surface area contributed by atoms with Crippen molar-refractivity contribution >= 4 is 17.4 Å². The van der Waals surface area contributed by atoms with E-state index in [9.17, 15) is 0 Å². The molecule has 4 heteroatoms. The van der Waals surface area contributed by atoms with E-state index < -0.39 is 0 Å². The molecule has 1 aromatic rings. The molecule has 2 N–H and O–H groups in total. The predicted octanol–water partition coefficient (Wildman–Crippen LogP) is 2.42. The molecule has 2 aliphatic rings. The lowest BCUT2D eigenvalue weighted by molar-refractivity contribution is 0.0638. The average Bonchev–Trinajstić information content (AvgIpc) is 3.09. The molecule has 0 aliphatic carbocycles. The molecule has 2 saturated heterocycles. The van der Waals surface area contributed by atoms with Crippen LogP contribution < -0.4 is 10.6 Å². The van der Waals surface area contributed by atoms with Crippen LogP contribution in [-0.2, 0) is 0 Å². The molecule has 2 aliphatic heterocycles. The van der Waals surface area contributed by atoms with Crippen LogP contribution in [0.25, 0.3) is 0 Å². The van der Waals surface area contributed by atoms with Crippen LogP contribution >= 0.6 is 11.8 Å². The number of nitrogens with zero attached hydrogens (tertiary/aromatic N) is 2. The van der Waals surface area contributed by atoms with E-state index in [4.69, 9.17) is 5.73 Å². The van der Waals surface area contributed by atoms with Crippen LogP contribution in [-0.4, -0.2) is 54.7 Å². The first-order valence-electron chi connectivity index (χ1n) is 8.06. The summed E-state index contributed by atoms with van der Waals surface area (Å²) in [6.45, 7) is 3.02. The maximum absolute atomic E-state index is 6.22. The van der Waals surface area contributed by atoms with E-state index in [0.717, 1.165) is 25.7 Å². The number of anilines is 1. The summed E-state index contributed by atoms with van der Waals surface area (Å²) >= 11 is 2.09. The van der Waals surface area contributed by atoms with Crippen LogP contribution in [0.3, 0.4) is 0 Å². The molecule has 0 bridgehead atoms. The van der Waals surface area contributed by atoms with Gasteiger partial charge in [-0.15, -0.1) is 0 Å². The lowest BCUT2D eigenvalue weighted by atomic mass is 9.84. The number of piperidine rings is 1. The quantitative estimate of drug-likeness (QED) is 0.926. The SMILES string of the molecule is CN(C1CCSC1)C1(CN)CCN(c2ccccc2)CC1. The Balaban J connectivity index is 1.66. The smallest absolute Gasteiger partial charge is 0.0366 e. The molecule has 0 radical (unpaired) electrons. The summed E-state index contributed by atoms with van der Waals surface area (Å²) in [4.78, 5) is 5.13. The van der Waals surface area contributed by atoms with E-state index in [1.54, 1.807) is 0 Å². The molecule has 3 rings (SSSR count). The van der Waals surface area contributed by atoms with Crippen molar-refractivity contribution in [3.63, 3.8) is 0 Å². The molecule has 2 fully saturated rings. The lowest BCUT2D eigenvalue weighted by Gasteiger charge is -2.49. The zero-order valence-corrected chi connectivity index (χ0v) is 13.8. The Bertz CT molecular complexity index is 437. The van der Waals surface area contributed by atoms with Crippen molar-refractivity contribution in [3.8, 4) is 0 Å². The van der Waals surface area contributed by atoms with Crippen LogP contribution in [0.5, 0.6) is 0 Å². The Morgan fingerprint density at radius 3 is 2.57 bits per heavy atom. The molecule has 0 saturated carbocycles. The van der Waals surface area contributed by atoms with Gasteiger partial charge in [0.05, 0.1) is 0 Å². The van der Waals surface area contributed by atoms with Crippen molar-refractivity contribution in [2.75, 3.05) is 43.1 Å². The third kappa shape index (κ3) is 3.08. The molecule has 0 aromatic heterocycles. The molecular weight excluding hydrogens is 278 g/mol. The normalized spacial score (nSPS) is 25.5. The highest BCUT2D eigenvalue weighted by molar-refractivity contribution is 7.99. The second kappa shape index (κ2) is 6.59. The van der Waals surface area contributed by atoms with Gasteiger partial charge in [-0.2, -0.15) is 11.8 Å². The second-order valence-electron chi connectivity index (χ2n) is 6.38. The summed E-state index contributed by atoms with van der Waals surface area (Å²) in [6, 6.07) is 11.5. The highest BCUT2D eigenvalue weighted by Gasteiger charge is 2.40. The average molecular weight is 305 g/mol. The fourth-order valence-corrected chi connectivity index (χ4v) is 5.00. The van der Waals surface area contributed by atoms with Gasteiger partial charge in [0.1, 0.15) is 0 Å². The summed E-state index contributed by atoms with van der Waals surface area (Å²) in [7, 11) is 2.31. The van der Waals surface area contributed by atoms with Gasteiger partial charge in [-0.3, -0.25) is 4.90 Å². The molecule has 1 atom stereocenters. The zero-order chi connectivity index (χ0) is 14.7. The van der Waals surface area contributed by atoms with Gasteiger partial charge in [-0.05, 0) is 44.2 Å². The molecule has 21 heavy (non-hydrogen) atoms. The Hall–Kier alpha value is -0.710. The van der Waals surface area contributed by atoms with Crippen molar-refractivity contribution in [1.82, 2.24) is 4.90 Å². The van der Waals surface area contributed by atoms with Crippen LogP contribution in [0.2, 0.25) is 0 Å². The van der Waals surface area contributed by atoms with Gasteiger partial charge in [0.15, 0.2) is 0 Å². The molecule has 116 valence electrons. The number of nitrogens with two attached hydrogens (primary N) is 1. The number of hydrogen-bond donors (Lipinski definition) is 1. The van der Waals surface area contributed by atoms with Crippen LogP contribution in [0.15, 0.2) is 30.3 Å². The first-order valence-corrected chi connectivity index (χ1v) is 9.21. The second-order valence-corrected chi connectivity index (χ2v) is 7.53. The van der Waals surface area contributed by atoms with E-state index >= 15 is 0 Å². The number of likely N-dealkylation sites (N-methyl/N-ethyl adjacent to an activating group) is 1. The summed E-state index contributed by atoms with van der Waals surface area (Å²) < 4.78 is 0. The molecule has 2 heterocycles. The third-order valence-corrected chi connectivity index (χ3v) is 6.54. The fourth-order valence-electron chi connectivity index (χ4n) is 3.74. The number of hydrogen-bond acceptors (Lipinski definition) is 4. The van der Waals surface area contributed by atoms with E-state index in [1.807, 2.05) is 0 Å². The van der Waals surface area contributed by atoms with Crippen LogP contribution in [0.4, 0.5) is 5.69 Å².